The van der Waals surface area contributed by atoms with Gasteiger partial charge in [-0.25, -0.2) is 0 Å². The summed E-state index contributed by atoms with van der Waals surface area (Å²) in [6, 6.07) is -0.699. The molecule has 0 aromatic heterocycles. The number of amides is 3. The summed E-state index contributed by atoms with van der Waals surface area (Å²) in [5.41, 5.74) is 8.28. The number of rotatable bonds is 11. The van der Waals surface area contributed by atoms with Crippen LogP contribution in [0.2, 0.25) is 0 Å². The van der Waals surface area contributed by atoms with Gasteiger partial charge in [0.1, 0.15) is 0 Å². The third kappa shape index (κ3) is 5.11. The molecule has 0 fully saturated rings. The van der Waals surface area contributed by atoms with E-state index in [4.69, 9.17) is 11.5 Å². The Labute approximate surface area is 142 Å². The van der Waals surface area contributed by atoms with E-state index >= 15 is 0 Å². The first-order valence-corrected chi connectivity index (χ1v) is 7.51. The van der Waals surface area contributed by atoms with Crippen LogP contribution >= 0.6 is 0 Å². The Morgan fingerprint density at radius 3 is 1.62 bits per heavy atom. The van der Waals surface area contributed by atoms with Crippen LogP contribution in [-0.4, -0.2) is 76.4 Å². The fourth-order valence-corrected chi connectivity index (χ4v) is 1.99. The minimum absolute atomic E-state index is 0.0467. The molecule has 140 valence electrons. The van der Waals surface area contributed by atoms with Gasteiger partial charge in [-0.1, -0.05) is 0 Å². The van der Waals surface area contributed by atoms with E-state index in [2.05, 4.69) is 31.9 Å². The minimum Gasteiger partial charge on any atom is -0.367 e. The van der Waals surface area contributed by atoms with Crippen LogP contribution in [-0.2, 0) is 14.4 Å². The zero-order valence-electron chi connectivity index (χ0n) is 14.9. The van der Waals surface area contributed by atoms with Crippen molar-refractivity contribution >= 4 is 17.7 Å². The first-order valence-electron chi connectivity index (χ1n) is 7.51. The van der Waals surface area contributed by atoms with Gasteiger partial charge in [0, 0.05) is 0 Å². The average molecular weight is 346 g/mol. The predicted octanol–water partition coefficient (Wildman–Crippen LogP) is -4.68. The van der Waals surface area contributed by atoms with Gasteiger partial charge < -0.3 is 22.1 Å². The van der Waals surface area contributed by atoms with E-state index in [0.29, 0.717) is 0 Å². The van der Waals surface area contributed by atoms with Gasteiger partial charge in [-0.05, 0) is 35.1 Å². The van der Waals surface area contributed by atoms with Gasteiger partial charge in [0.2, 0.25) is 5.91 Å². The molecule has 10 N–H and O–H groups in total. The van der Waals surface area contributed by atoms with Crippen molar-refractivity contribution in [2.24, 2.45) is 11.5 Å². The maximum absolute atomic E-state index is 12.6. The molecule has 0 aliphatic heterocycles. The van der Waals surface area contributed by atoms with Crippen molar-refractivity contribution in [3.63, 3.8) is 0 Å². The fraction of sp³-hybridized carbons (Fsp3) is 0.769. The second kappa shape index (κ2) is 9.49. The van der Waals surface area contributed by atoms with Crippen LogP contribution in [0.15, 0.2) is 0 Å². The molecule has 11 heteroatoms. The summed E-state index contributed by atoms with van der Waals surface area (Å²) < 4.78 is 0. The summed E-state index contributed by atoms with van der Waals surface area (Å²) >= 11 is 0. The monoisotopic (exact) mass is 346 g/mol. The smallest absolute Gasteiger partial charge is 0.257 e. The van der Waals surface area contributed by atoms with Gasteiger partial charge in [0.25, 0.3) is 11.8 Å². The van der Waals surface area contributed by atoms with Gasteiger partial charge in [-0.3, -0.25) is 35.7 Å². The van der Waals surface area contributed by atoms with Crippen LogP contribution in [0.1, 0.15) is 6.92 Å². The van der Waals surface area contributed by atoms with E-state index in [1.54, 1.807) is 28.2 Å². The lowest BCUT2D eigenvalue weighted by molar-refractivity contribution is -0.130. The Balaban J connectivity index is 5.09. The van der Waals surface area contributed by atoms with Crippen molar-refractivity contribution < 1.29 is 14.4 Å². The predicted molar refractivity (Wildman–Crippen MR) is 90.6 cm³/mol. The van der Waals surface area contributed by atoms with E-state index < -0.39 is 35.1 Å². The Morgan fingerprint density at radius 2 is 1.29 bits per heavy atom. The summed E-state index contributed by atoms with van der Waals surface area (Å²) in [4.78, 5) is 35.8. The largest absolute Gasteiger partial charge is 0.367 e. The lowest BCUT2D eigenvalue weighted by Gasteiger charge is -2.35. The molecule has 0 heterocycles. The Bertz CT molecular complexity index is 446. The van der Waals surface area contributed by atoms with Gasteiger partial charge in [0.05, 0.1) is 19.1 Å². The summed E-state index contributed by atoms with van der Waals surface area (Å²) in [7, 11) is 6.20. The number of hydrogen-bond donors (Lipinski definition) is 8. The molecule has 0 bridgehead atoms. The zero-order valence-corrected chi connectivity index (χ0v) is 14.9. The lowest BCUT2D eigenvalue weighted by Crippen LogP contribution is -2.73. The topological polar surface area (TPSA) is 175 Å². The number of primary amides is 1. The molecule has 0 radical (unpaired) electrons. The number of carbonyl (C=O) groups excluding carboxylic acids is 3. The van der Waals surface area contributed by atoms with Crippen molar-refractivity contribution in [1.82, 2.24) is 31.9 Å². The number of likely N-dealkylation sites (N-methyl/N-ethyl adjacent to an activating group) is 4. The van der Waals surface area contributed by atoms with Gasteiger partial charge in [-0.15, -0.1) is 0 Å². The molecule has 0 unspecified atom stereocenters. The van der Waals surface area contributed by atoms with Crippen LogP contribution in [0.5, 0.6) is 0 Å². The van der Waals surface area contributed by atoms with E-state index in [1.165, 1.54) is 6.92 Å². The Morgan fingerprint density at radius 1 is 0.875 bits per heavy atom. The molecule has 1 atom stereocenters. The summed E-state index contributed by atoms with van der Waals surface area (Å²) in [6.07, 6.45) is 0. The van der Waals surface area contributed by atoms with Crippen LogP contribution in [0.25, 0.3) is 0 Å². The minimum atomic E-state index is -1.29. The molecule has 0 spiro atoms. The highest BCUT2D eigenvalue weighted by Gasteiger charge is 2.39. The van der Waals surface area contributed by atoms with Crippen LogP contribution in [0, 0.1) is 0 Å². The van der Waals surface area contributed by atoms with Crippen molar-refractivity contribution in [2.45, 2.75) is 24.3 Å². The van der Waals surface area contributed by atoms with Gasteiger partial charge in [0.15, 0.2) is 11.3 Å². The molecule has 0 saturated carbocycles. The number of nitrogens with two attached hydrogens (primary N) is 2. The number of nitrogens with one attached hydrogen (secondary N) is 6. The van der Waals surface area contributed by atoms with E-state index in [1.807, 2.05) is 0 Å². The summed E-state index contributed by atoms with van der Waals surface area (Å²) in [5.74, 6) is -1.54. The van der Waals surface area contributed by atoms with Gasteiger partial charge >= 0.3 is 0 Å². The lowest BCUT2D eigenvalue weighted by atomic mass is 10.1. The van der Waals surface area contributed by atoms with Crippen molar-refractivity contribution in [1.29, 1.82) is 0 Å². The molecule has 0 aromatic carbocycles. The molecule has 0 rings (SSSR count). The number of hydrogen-bond acceptors (Lipinski definition) is 8. The normalized spacial score (nSPS) is 13.2. The first-order chi connectivity index (χ1) is 11.1. The SMILES string of the molecule is CNC(CNC(=O)C(CNC(=O)[C@H](C)N)(NC)NC)(NC)C(N)=O. The second-order valence-corrected chi connectivity index (χ2v) is 5.36. The molecule has 0 saturated heterocycles. The highest BCUT2D eigenvalue weighted by atomic mass is 16.2. The molecular formula is C13H30N8O3. The first kappa shape index (κ1) is 22.2. The number of carbonyl (C=O) groups is 3. The quantitative estimate of drug-likeness (QED) is 0.172. The Hall–Kier alpha value is -1.79. The van der Waals surface area contributed by atoms with Crippen molar-refractivity contribution in [2.75, 3.05) is 41.3 Å². The van der Waals surface area contributed by atoms with Crippen LogP contribution < -0.4 is 43.4 Å². The zero-order chi connectivity index (χ0) is 19.0. The third-order valence-electron chi connectivity index (χ3n) is 3.97. The molecule has 3 amide bonds. The van der Waals surface area contributed by atoms with E-state index in [-0.39, 0.29) is 13.1 Å². The summed E-state index contributed by atoms with van der Waals surface area (Å²) in [5, 5.41) is 16.4. The second-order valence-electron chi connectivity index (χ2n) is 5.36. The van der Waals surface area contributed by atoms with Crippen LogP contribution in [0.3, 0.4) is 0 Å². The third-order valence-corrected chi connectivity index (χ3v) is 3.97. The highest BCUT2D eigenvalue weighted by Crippen LogP contribution is 2.01. The summed E-state index contributed by atoms with van der Waals surface area (Å²) in [6.45, 7) is 1.40. The van der Waals surface area contributed by atoms with Crippen molar-refractivity contribution in [3.05, 3.63) is 0 Å². The molecular weight excluding hydrogens is 316 g/mol. The maximum atomic E-state index is 12.6. The fourth-order valence-electron chi connectivity index (χ4n) is 1.99. The molecule has 24 heavy (non-hydrogen) atoms. The molecule has 11 nitrogen and oxygen atoms in total. The van der Waals surface area contributed by atoms with Crippen molar-refractivity contribution in [3.8, 4) is 0 Å². The Kier molecular flexibility index (Phi) is 8.78. The van der Waals surface area contributed by atoms with Gasteiger partial charge in [-0.2, -0.15) is 0 Å². The maximum Gasteiger partial charge on any atom is 0.257 e. The van der Waals surface area contributed by atoms with Crippen LogP contribution in [0.4, 0.5) is 0 Å². The van der Waals surface area contributed by atoms with E-state index in [0.717, 1.165) is 0 Å². The molecule has 0 aliphatic carbocycles. The average Bonchev–Trinajstić information content (AvgIpc) is 2.56. The highest BCUT2D eigenvalue weighted by molar-refractivity contribution is 5.89. The molecule has 0 aliphatic rings. The van der Waals surface area contributed by atoms with E-state index in [9.17, 15) is 14.4 Å². The standard InChI is InChI=1S/C13H30N8O3/c1-8(14)9(22)20-7-13(18-4,19-5)11(24)21-6-12(16-2,17-3)10(15)23/h8,16-19H,6-7,14H2,1-5H3,(H2,15,23)(H,20,22)(H,21,24)/t8-/m0/s1. The molecule has 0 aromatic rings.